The zero-order chi connectivity index (χ0) is 16.5. The molecule has 2 aromatic heterocycles. The summed E-state index contributed by atoms with van der Waals surface area (Å²) in [5, 5.41) is 0.166. The Hall–Kier alpha value is -1.96. The van der Waals surface area contributed by atoms with E-state index < -0.39 is 24.0 Å². The SMILES string of the molecule is Cc1nc(Cl)cnc1-c1cnc(OC(C)(F)C(F)F)c(F)c1. The average Bonchev–Trinajstić information content (AvgIpc) is 2.41. The number of nitrogens with zero attached hydrogens (tertiary/aromatic N) is 3. The summed E-state index contributed by atoms with van der Waals surface area (Å²) in [5.41, 5.74) is 0.952. The maximum Gasteiger partial charge on any atom is 0.307 e. The summed E-state index contributed by atoms with van der Waals surface area (Å²) >= 11 is 5.67. The van der Waals surface area contributed by atoms with Crippen molar-refractivity contribution in [3.05, 3.63) is 35.1 Å². The van der Waals surface area contributed by atoms with E-state index in [0.717, 1.165) is 12.3 Å². The average molecular weight is 336 g/mol. The van der Waals surface area contributed by atoms with Crippen LogP contribution < -0.4 is 4.74 Å². The molecule has 0 N–H and O–H groups in total. The predicted octanol–water partition coefficient (Wildman–Crippen LogP) is 3.97. The molecular formula is C13H10ClF4N3O. The second kappa shape index (κ2) is 6.04. The van der Waals surface area contributed by atoms with Gasteiger partial charge in [-0.2, -0.15) is 4.39 Å². The molecule has 0 bridgehead atoms. The van der Waals surface area contributed by atoms with Gasteiger partial charge in [-0.05, 0) is 13.0 Å². The van der Waals surface area contributed by atoms with Crippen molar-refractivity contribution in [2.24, 2.45) is 0 Å². The number of hydrogen-bond donors (Lipinski definition) is 0. The molecule has 0 radical (unpaired) electrons. The van der Waals surface area contributed by atoms with Crippen molar-refractivity contribution in [2.75, 3.05) is 0 Å². The Morgan fingerprint density at radius 1 is 1.27 bits per heavy atom. The molecule has 0 aliphatic carbocycles. The van der Waals surface area contributed by atoms with Gasteiger partial charge in [0.2, 0.25) is 0 Å². The predicted molar refractivity (Wildman–Crippen MR) is 71.1 cm³/mol. The summed E-state index contributed by atoms with van der Waals surface area (Å²) in [4.78, 5) is 11.4. The summed E-state index contributed by atoms with van der Waals surface area (Å²) in [6.45, 7) is 2.09. The summed E-state index contributed by atoms with van der Waals surface area (Å²) in [6, 6.07) is 0.939. The molecule has 1 atom stereocenters. The first-order chi connectivity index (χ1) is 10.2. The third-order valence-electron chi connectivity index (χ3n) is 2.68. The van der Waals surface area contributed by atoms with Crippen LogP contribution in [0.3, 0.4) is 0 Å². The highest BCUT2D eigenvalue weighted by Crippen LogP contribution is 2.29. The monoisotopic (exact) mass is 335 g/mol. The topological polar surface area (TPSA) is 47.9 Å². The molecule has 0 spiro atoms. The summed E-state index contributed by atoms with van der Waals surface area (Å²) in [5.74, 6) is -5.31. The summed E-state index contributed by atoms with van der Waals surface area (Å²) < 4.78 is 56.3. The van der Waals surface area contributed by atoms with Crippen LogP contribution in [0.2, 0.25) is 5.15 Å². The van der Waals surface area contributed by atoms with Gasteiger partial charge in [0, 0.05) is 18.7 Å². The molecule has 0 fully saturated rings. The third kappa shape index (κ3) is 3.44. The molecule has 0 aliphatic rings. The number of pyridine rings is 1. The van der Waals surface area contributed by atoms with Gasteiger partial charge in [0.05, 0.1) is 17.6 Å². The number of aryl methyl sites for hydroxylation is 1. The fourth-order valence-corrected chi connectivity index (χ4v) is 1.78. The highest BCUT2D eigenvalue weighted by Gasteiger charge is 2.38. The largest absolute Gasteiger partial charge is 0.433 e. The van der Waals surface area contributed by atoms with E-state index in [4.69, 9.17) is 11.6 Å². The van der Waals surface area contributed by atoms with E-state index >= 15 is 0 Å². The second-order valence-corrected chi connectivity index (χ2v) is 4.91. The zero-order valence-electron chi connectivity index (χ0n) is 11.4. The van der Waals surface area contributed by atoms with E-state index in [1.54, 1.807) is 6.92 Å². The van der Waals surface area contributed by atoms with Crippen molar-refractivity contribution in [2.45, 2.75) is 26.1 Å². The molecule has 0 saturated heterocycles. The molecule has 22 heavy (non-hydrogen) atoms. The molecule has 1 unspecified atom stereocenters. The molecule has 118 valence electrons. The highest BCUT2D eigenvalue weighted by molar-refractivity contribution is 6.29. The van der Waals surface area contributed by atoms with E-state index in [9.17, 15) is 17.6 Å². The van der Waals surface area contributed by atoms with Gasteiger partial charge in [-0.25, -0.2) is 23.1 Å². The lowest BCUT2D eigenvalue weighted by Crippen LogP contribution is -2.35. The first-order valence-corrected chi connectivity index (χ1v) is 6.39. The van der Waals surface area contributed by atoms with Gasteiger partial charge < -0.3 is 4.74 Å². The van der Waals surface area contributed by atoms with Crippen molar-refractivity contribution in [3.8, 4) is 17.1 Å². The van der Waals surface area contributed by atoms with E-state index in [1.807, 2.05) is 0 Å². The summed E-state index contributed by atoms with van der Waals surface area (Å²) in [6.07, 6.45) is -1.07. The van der Waals surface area contributed by atoms with E-state index in [-0.39, 0.29) is 10.7 Å². The number of halogens is 5. The molecule has 2 aromatic rings. The van der Waals surface area contributed by atoms with Crippen LogP contribution in [0, 0.1) is 12.7 Å². The van der Waals surface area contributed by atoms with Crippen LogP contribution in [0.4, 0.5) is 17.6 Å². The highest BCUT2D eigenvalue weighted by atomic mass is 35.5. The molecule has 2 heterocycles. The molecular weight excluding hydrogens is 326 g/mol. The van der Waals surface area contributed by atoms with Crippen LogP contribution in [0.25, 0.3) is 11.3 Å². The molecule has 0 saturated carbocycles. The van der Waals surface area contributed by atoms with Crippen LogP contribution in [0.1, 0.15) is 12.6 Å². The smallest absolute Gasteiger partial charge is 0.307 e. The lowest BCUT2D eigenvalue weighted by molar-refractivity contribution is -0.156. The molecule has 0 aliphatic heterocycles. The van der Waals surface area contributed by atoms with Crippen molar-refractivity contribution < 1.29 is 22.3 Å². The van der Waals surface area contributed by atoms with Crippen molar-refractivity contribution in [1.82, 2.24) is 15.0 Å². The first-order valence-electron chi connectivity index (χ1n) is 6.02. The Morgan fingerprint density at radius 3 is 2.50 bits per heavy atom. The fraction of sp³-hybridized carbons (Fsp3) is 0.308. The van der Waals surface area contributed by atoms with Crippen LogP contribution in [-0.4, -0.2) is 27.2 Å². The van der Waals surface area contributed by atoms with E-state index in [2.05, 4.69) is 19.7 Å². The zero-order valence-corrected chi connectivity index (χ0v) is 12.2. The van der Waals surface area contributed by atoms with Gasteiger partial charge in [-0.3, -0.25) is 4.98 Å². The quantitative estimate of drug-likeness (QED) is 0.793. The van der Waals surface area contributed by atoms with Crippen LogP contribution >= 0.6 is 11.6 Å². The number of aromatic nitrogens is 3. The van der Waals surface area contributed by atoms with Gasteiger partial charge in [-0.15, -0.1) is 0 Å². The lowest BCUT2D eigenvalue weighted by atomic mass is 10.1. The Morgan fingerprint density at radius 2 is 1.95 bits per heavy atom. The third-order valence-corrected chi connectivity index (χ3v) is 2.87. The molecule has 9 heteroatoms. The Bertz CT molecular complexity index is 697. The van der Waals surface area contributed by atoms with Gasteiger partial charge in [-0.1, -0.05) is 11.6 Å². The standard InChI is InChI=1S/C13H10ClF4N3O/c1-6-10(19-5-9(14)21-6)7-3-8(15)11(20-4-7)22-13(2,18)12(16)17/h3-5,12H,1-2H3. The minimum absolute atomic E-state index is 0.166. The molecule has 2 rings (SSSR count). The Balaban J connectivity index is 2.34. The van der Waals surface area contributed by atoms with Crippen molar-refractivity contribution >= 4 is 11.6 Å². The fourth-order valence-electron chi connectivity index (χ4n) is 1.60. The maximum absolute atomic E-state index is 13.9. The van der Waals surface area contributed by atoms with Crippen LogP contribution in [0.5, 0.6) is 5.88 Å². The molecule has 0 amide bonds. The first kappa shape index (κ1) is 16.4. The summed E-state index contributed by atoms with van der Waals surface area (Å²) in [7, 11) is 0. The van der Waals surface area contributed by atoms with E-state index in [1.165, 1.54) is 6.20 Å². The lowest BCUT2D eigenvalue weighted by Gasteiger charge is -2.20. The number of rotatable bonds is 4. The molecule has 0 aromatic carbocycles. The number of hydrogen-bond acceptors (Lipinski definition) is 4. The Labute approximate surface area is 128 Å². The van der Waals surface area contributed by atoms with Gasteiger partial charge in [0.25, 0.3) is 5.88 Å². The second-order valence-electron chi connectivity index (χ2n) is 4.53. The van der Waals surface area contributed by atoms with Crippen LogP contribution in [0.15, 0.2) is 18.5 Å². The number of ether oxygens (including phenoxy) is 1. The van der Waals surface area contributed by atoms with Gasteiger partial charge in [0.15, 0.2) is 5.82 Å². The minimum Gasteiger partial charge on any atom is -0.433 e. The van der Waals surface area contributed by atoms with Crippen LogP contribution in [-0.2, 0) is 0 Å². The normalized spacial score (nSPS) is 14.0. The number of alkyl halides is 3. The minimum atomic E-state index is -3.45. The molecule has 4 nitrogen and oxygen atoms in total. The maximum atomic E-state index is 13.9. The Kier molecular flexibility index (Phi) is 4.50. The van der Waals surface area contributed by atoms with Gasteiger partial charge >= 0.3 is 12.3 Å². The van der Waals surface area contributed by atoms with Crippen molar-refractivity contribution in [3.63, 3.8) is 0 Å². The van der Waals surface area contributed by atoms with E-state index in [0.29, 0.717) is 18.3 Å². The van der Waals surface area contributed by atoms with Crippen molar-refractivity contribution in [1.29, 1.82) is 0 Å². The van der Waals surface area contributed by atoms with Gasteiger partial charge in [0.1, 0.15) is 5.15 Å².